The number of carbonyl (C=O) groups is 1. The normalized spacial score (nSPS) is 16.9. The van der Waals surface area contributed by atoms with Crippen molar-refractivity contribution in [2.45, 2.75) is 26.3 Å². The van der Waals surface area contributed by atoms with Crippen LogP contribution in [0.25, 0.3) is 11.0 Å². The molecule has 0 bridgehead atoms. The fraction of sp³-hybridized carbons (Fsp3) is 0.333. The average molecular weight is 423 g/mol. The van der Waals surface area contributed by atoms with Crippen LogP contribution in [-0.4, -0.2) is 36.2 Å². The number of benzene rings is 2. The van der Waals surface area contributed by atoms with Crippen LogP contribution < -0.4 is 10.2 Å². The first-order chi connectivity index (χ1) is 15.0. The zero-order chi connectivity index (χ0) is 22.0. The molecule has 7 nitrogen and oxygen atoms in total. The molecule has 3 aromatic rings. The number of methoxy groups -OCH3 is 1. The van der Waals surface area contributed by atoms with Gasteiger partial charge in [0.1, 0.15) is 23.3 Å². The standard InChI is InChI=1S/C24H25NO6/c1-15-4-3-11-25(12-15)13-19-20(26)10-9-18-22(27)21(14-30-23(18)19)31-17-7-5-16(6-8-17)24(28)29-2/h5-10,14-15,26H,3-4,11-13H2,1-2H3. The fourth-order valence-electron chi connectivity index (χ4n) is 4.01. The quantitative estimate of drug-likeness (QED) is 0.612. The van der Waals surface area contributed by atoms with E-state index >= 15 is 0 Å². The summed E-state index contributed by atoms with van der Waals surface area (Å²) < 4.78 is 16.1. The van der Waals surface area contributed by atoms with Crippen molar-refractivity contribution in [1.82, 2.24) is 4.90 Å². The van der Waals surface area contributed by atoms with Crippen LogP contribution in [0.1, 0.15) is 35.7 Å². The van der Waals surface area contributed by atoms with Gasteiger partial charge in [0.25, 0.3) is 0 Å². The second-order valence-corrected chi connectivity index (χ2v) is 7.97. The third-order valence-electron chi connectivity index (χ3n) is 5.61. The minimum absolute atomic E-state index is 0.0292. The number of likely N-dealkylation sites (tertiary alicyclic amines) is 1. The molecule has 1 aromatic heterocycles. The lowest BCUT2D eigenvalue weighted by Crippen LogP contribution is -2.33. The third-order valence-corrected chi connectivity index (χ3v) is 5.61. The van der Waals surface area contributed by atoms with Crippen LogP contribution in [0.5, 0.6) is 17.2 Å². The molecule has 1 atom stereocenters. The highest BCUT2D eigenvalue weighted by Crippen LogP contribution is 2.30. The highest BCUT2D eigenvalue weighted by atomic mass is 16.5. The van der Waals surface area contributed by atoms with Crippen molar-refractivity contribution in [2.75, 3.05) is 20.2 Å². The maximum Gasteiger partial charge on any atom is 0.337 e. The summed E-state index contributed by atoms with van der Waals surface area (Å²) in [5.41, 5.74) is 1.04. The number of phenols is 1. The minimum Gasteiger partial charge on any atom is -0.507 e. The predicted octanol–water partition coefficient (Wildman–Crippen LogP) is 4.31. The Balaban J connectivity index is 1.62. The molecule has 2 heterocycles. The van der Waals surface area contributed by atoms with Crippen molar-refractivity contribution in [3.63, 3.8) is 0 Å². The molecule has 0 spiro atoms. The summed E-state index contributed by atoms with van der Waals surface area (Å²) in [5.74, 6) is 0.679. The largest absolute Gasteiger partial charge is 0.507 e. The Labute approximate surface area is 179 Å². The van der Waals surface area contributed by atoms with Crippen molar-refractivity contribution in [1.29, 1.82) is 0 Å². The summed E-state index contributed by atoms with van der Waals surface area (Å²) in [6.07, 6.45) is 3.58. The molecule has 1 saturated heterocycles. The number of ether oxygens (including phenoxy) is 2. The van der Waals surface area contributed by atoms with Crippen molar-refractivity contribution >= 4 is 16.9 Å². The van der Waals surface area contributed by atoms with Crippen molar-refractivity contribution in [3.05, 3.63) is 64.0 Å². The number of carbonyl (C=O) groups excluding carboxylic acids is 1. The van der Waals surface area contributed by atoms with Gasteiger partial charge in [-0.2, -0.15) is 0 Å². The highest BCUT2D eigenvalue weighted by Gasteiger charge is 2.21. The van der Waals surface area contributed by atoms with Gasteiger partial charge in [0.15, 0.2) is 0 Å². The van der Waals surface area contributed by atoms with Crippen LogP contribution in [0, 0.1) is 5.92 Å². The van der Waals surface area contributed by atoms with E-state index < -0.39 is 5.97 Å². The molecule has 0 radical (unpaired) electrons. The summed E-state index contributed by atoms with van der Waals surface area (Å²) in [5, 5.41) is 10.8. The smallest absolute Gasteiger partial charge is 0.337 e. The Morgan fingerprint density at radius 3 is 2.71 bits per heavy atom. The van der Waals surface area contributed by atoms with E-state index in [4.69, 9.17) is 9.15 Å². The van der Waals surface area contributed by atoms with Gasteiger partial charge < -0.3 is 19.0 Å². The van der Waals surface area contributed by atoms with E-state index in [1.807, 2.05) is 0 Å². The summed E-state index contributed by atoms with van der Waals surface area (Å²) in [4.78, 5) is 26.8. The van der Waals surface area contributed by atoms with Gasteiger partial charge in [-0.05, 0) is 61.7 Å². The molecule has 0 aliphatic carbocycles. The molecule has 7 heteroatoms. The van der Waals surface area contributed by atoms with Crippen molar-refractivity contribution in [2.24, 2.45) is 5.92 Å². The number of aromatic hydroxyl groups is 1. The third kappa shape index (κ3) is 4.41. The molecule has 4 rings (SSSR count). The Morgan fingerprint density at radius 2 is 2.00 bits per heavy atom. The van der Waals surface area contributed by atoms with Crippen LogP contribution in [0.2, 0.25) is 0 Å². The van der Waals surface area contributed by atoms with Crippen molar-refractivity contribution in [3.8, 4) is 17.2 Å². The Bertz CT molecular complexity index is 1150. The lowest BCUT2D eigenvalue weighted by Gasteiger charge is -2.31. The number of esters is 1. The molecule has 1 unspecified atom stereocenters. The molecular weight excluding hydrogens is 398 g/mol. The van der Waals surface area contributed by atoms with Gasteiger partial charge in [-0.25, -0.2) is 4.79 Å². The predicted molar refractivity (Wildman–Crippen MR) is 116 cm³/mol. The van der Waals surface area contributed by atoms with Crippen LogP contribution in [-0.2, 0) is 11.3 Å². The molecule has 1 aliphatic heterocycles. The monoisotopic (exact) mass is 423 g/mol. The maximum absolute atomic E-state index is 13.0. The number of fused-ring (bicyclic) bond motifs is 1. The van der Waals surface area contributed by atoms with E-state index in [2.05, 4.69) is 16.6 Å². The first-order valence-corrected chi connectivity index (χ1v) is 10.3. The summed E-state index contributed by atoms with van der Waals surface area (Å²) >= 11 is 0. The first-order valence-electron chi connectivity index (χ1n) is 10.3. The summed E-state index contributed by atoms with van der Waals surface area (Å²) in [6, 6.07) is 9.34. The number of nitrogens with zero attached hydrogens (tertiary/aromatic N) is 1. The lowest BCUT2D eigenvalue weighted by atomic mass is 9.99. The second-order valence-electron chi connectivity index (χ2n) is 7.97. The molecule has 31 heavy (non-hydrogen) atoms. The average Bonchev–Trinajstić information content (AvgIpc) is 2.77. The molecule has 2 aromatic carbocycles. The Hall–Kier alpha value is -3.32. The zero-order valence-corrected chi connectivity index (χ0v) is 17.6. The summed E-state index contributed by atoms with van der Waals surface area (Å²) in [7, 11) is 1.31. The minimum atomic E-state index is -0.452. The molecule has 0 saturated carbocycles. The van der Waals surface area contributed by atoms with E-state index in [0.29, 0.717) is 40.3 Å². The summed E-state index contributed by atoms with van der Waals surface area (Å²) in [6.45, 7) is 4.64. The van der Waals surface area contributed by atoms with E-state index in [-0.39, 0.29) is 16.9 Å². The van der Waals surface area contributed by atoms with Crippen LogP contribution in [0.3, 0.4) is 0 Å². The molecule has 162 valence electrons. The molecule has 1 fully saturated rings. The zero-order valence-electron chi connectivity index (χ0n) is 17.6. The number of hydrogen-bond donors (Lipinski definition) is 1. The van der Waals surface area contributed by atoms with Gasteiger partial charge in [0, 0.05) is 13.1 Å². The van der Waals surface area contributed by atoms with Gasteiger partial charge in [0.05, 0.1) is 23.6 Å². The van der Waals surface area contributed by atoms with Crippen LogP contribution in [0.15, 0.2) is 51.9 Å². The van der Waals surface area contributed by atoms with Crippen LogP contribution in [0.4, 0.5) is 0 Å². The topological polar surface area (TPSA) is 89.2 Å². The highest BCUT2D eigenvalue weighted by molar-refractivity contribution is 5.89. The molecule has 1 aliphatic rings. The van der Waals surface area contributed by atoms with E-state index in [0.717, 1.165) is 19.5 Å². The van der Waals surface area contributed by atoms with Gasteiger partial charge in [0.2, 0.25) is 11.2 Å². The van der Waals surface area contributed by atoms with E-state index in [1.54, 1.807) is 30.3 Å². The lowest BCUT2D eigenvalue weighted by molar-refractivity contribution is 0.0600. The van der Waals surface area contributed by atoms with Crippen LogP contribution >= 0.6 is 0 Å². The van der Waals surface area contributed by atoms with Crippen molar-refractivity contribution < 1.29 is 23.8 Å². The van der Waals surface area contributed by atoms with Gasteiger partial charge in [-0.15, -0.1) is 0 Å². The molecule has 1 N–H and O–H groups in total. The van der Waals surface area contributed by atoms with Gasteiger partial charge in [-0.3, -0.25) is 9.69 Å². The van der Waals surface area contributed by atoms with Gasteiger partial charge >= 0.3 is 5.97 Å². The number of hydrogen-bond acceptors (Lipinski definition) is 7. The Morgan fingerprint density at radius 1 is 1.23 bits per heavy atom. The first kappa shape index (κ1) is 20.9. The number of rotatable bonds is 5. The fourth-order valence-corrected chi connectivity index (χ4v) is 4.01. The molecule has 0 amide bonds. The number of piperidine rings is 1. The van der Waals surface area contributed by atoms with E-state index in [1.165, 1.54) is 25.9 Å². The molecular formula is C24H25NO6. The SMILES string of the molecule is COC(=O)c1ccc(Oc2coc3c(CN4CCCC(C)C4)c(O)ccc3c2=O)cc1. The maximum atomic E-state index is 13.0. The second kappa shape index (κ2) is 8.81. The van der Waals surface area contributed by atoms with Gasteiger partial charge in [-0.1, -0.05) is 6.92 Å². The Kier molecular flexibility index (Phi) is 5.95. The number of phenolic OH excluding ortho intramolecular Hbond substituents is 1. The van der Waals surface area contributed by atoms with E-state index in [9.17, 15) is 14.7 Å².